The maximum Gasteiger partial charge on any atom is 0.224 e. The zero-order valence-corrected chi connectivity index (χ0v) is 20.0. The minimum atomic E-state index is -3.59. The van der Waals surface area contributed by atoms with E-state index in [4.69, 9.17) is 32.7 Å². The van der Waals surface area contributed by atoms with E-state index in [1.165, 1.54) is 4.31 Å². The maximum absolute atomic E-state index is 12.9. The summed E-state index contributed by atoms with van der Waals surface area (Å²) in [6, 6.07) is 12.0. The van der Waals surface area contributed by atoms with Crippen LogP contribution in [-0.2, 0) is 20.6 Å². The molecule has 2 aromatic carbocycles. The highest BCUT2D eigenvalue weighted by molar-refractivity contribution is 7.88. The molecule has 1 N–H and O–H groups in total. The number of halogens is 2. The number of ether oxygens (including phenoxy) is 2. The molecule has 0 saturated carbocycles. The molecule has 1 fully saturated rings. The van der Waals surface area contributed by atoms with Crippen LogP contribution >= 0.6 is 23.2 Å². The van der Waals surface area contributed by atoms with Crippen LogP contribution in [0.2, 0.25) is 10.0 Å². The summed E-state index contributed by atoms with van der Waals surface area (Å²) in [7, 11) is -2.02. The first-order valence-corrected chi connectivity index (χ1v) is 12.6. The minimum absolute atomic E-state index is 0.156. The van der Waals surface area contributed by atoms with Crippen molar-refractivity contribution in [1.82, 2.24) is 9.62 Å². The zero-order chi connectivity index (χ0) is 23.1. The second kappa shape index (κ2) is 11.2. The molecule has 7 nitrogen and oxygen atoms in total. The third-order valence-electron chi connectivity index (χ3n) is 5.21. The Hall–Kier alpha value is -2.00. The van der Waals surface area contributed by atoms with E-state index in [0.29, 0.717) is 53.0 Å². The van der Waals surface area contributed by atoms with E-state index < -0.39 is 15.9 Å². The Morgan fingerprint density at radius 2 is 1.91 bits per heavy atom. The number of amides is 1. The number of hydrogen-bond donors (Lipinski definition) is 1. The molecule has 1 heterocycles. The summed E-state index contributed by atoms with van der Waals surface area (Å²) in [5.41, 5.74) is 0.555. The van der Waals surface area contributed by atoms with Gasteiger partial charge in [-0.05, 0) is 42.7 Å². The van der Waals surface area contributed by atoms with Crippen LogP contribution in [0, 0.1) is 5.92 Å². The van der Waals surface area contributed by atoms with E-state index in [9.17, 15) is 13.2 Å². The van der Waals surface area contributed by atoms with Gasteiger partial charge in [0.15, 0.2) is 11.5 Å². The summed E-state index contributed by atoms with van der Waals surface area (Å²) in [6.45, 7) is 1.13. The predicted molar refractivity (Wildman–Crippen MR) is 125 cm³/mol. The lowest BCUT2D eigenvalue weighted by atomic mass is 9.99. The molecular weight excluding hydrogens is 475 g/mol. The summed E-state index contributed by atoms with van der Waals surface area (Å²) in [4.78, 5) is 12.6. The molecule has 0 aliphatic carbocycles. The van der Waals surface area contributed by atoms with Crippen molar-refractivity contribution < 1.29 is 22.7 Å². The Balaban J connectivity index is 1.50. The molecule has 1 saturated heterocycles. The maximum atomic E-state index is 12.9. The minimum Gasteiger partial charge on any atom is -0.493 e. The summed E-state index contributed by atoms with van der Waals surface area (Å²) >= 11 is 11.9. The molecule has 1 aliphatic rings. The monoisotopic (exact) mass is 500 g/mol. The van der Waals surface area contributed by atoms with E-state index in [-0.39, 0.29) is 24.8 Å². The van der Waals surface area contributed by atoms with Gasteiger partial charge in [-0.3, -0.25) is 4.79 Å². The van der Waals surface area contributed by atoms with Crippen LogP contribution in [-0.4, -0.2) is 52.0 Å². The van der Waals surface area contributed by atoms with Crippen molar-refractivity contribution in [2.45, 2.75) is 18.6 Å². The Morgan fingerprint density at radius 1 is 1.16 bits per heavy atom. The first-order chi connectivity index (χ1) is 15.3. The lowest BCUT2D eigenvalue weighted by Crippen LogP contribution is -2.46. The molecule has 1 amide bonds. The number of nitrogens with zero attached hydrogens (tertiary/aromatic N) is 1. The van der Waals surface area contributed by atoms with E-state index in [2.05, 4.69) is 5.32 Å². The molecule has 0 aromatic heterocycles. The van der Waals surface area contributed by atoms with Gasteiger partial charge in [-0.15, -0.1) is 0 Å². The summed E-state index contributed by atoms with van der Waals surface area (Å²) < 4.78 is 38.0. The Kier molecular flexibility index (Phi) is 8.64. The highest BCUT2D eigenvalue weighted by Gasteiger charge is 2.32. The van der Waals surface area contributed by atoms with Gasteiger partial charge in [0.1, 0.15) is 6.61 Å². The van der Waals surface area contributed by atoms with Gasteiger partial charge in [-0.2, -0.15) is 0 Å². The van der Waals surface area contributed by atoms with Gasteiger partial charge < -0.3 is 14.8 Å². The SMILES string of the molecule is COc1ccccc1OCCNC(=O)[C@H]1CCCN(S(=O)(=O)Cc2ccc(Cl)c(Cl)c2)C1. The van der Waals surface area contributed by atoms with Gasteiger partial charge in [0.2, 0.25) is 15.9 Å². The number of benzene rings is 2. The smallest absolute Gasteiger partial charge is 0.224 e. The largest absolute Gasteiger partial charge is 0.493 e. The van der Waals surface area contributed by atoms with Crippen LogP contribution in [0.1, 0.15) is 18.4 Å². The average molecular weight is 501 g/mol. The molecule has 10 heteroatoms. The number of sulfonamides is 1. The number of carbonyl (C=O) groups is 1. The first kappa shape index (κ1) is 24.6. The van der Waals surface area contributed by atoms with E-state index in [1.807, 2.05) is 12.1 Å². The molecule has 32 heavy (non-hydrogen) atoms. The molecule has 1 aliphatic heterocycles. The van der Waals surface area contributed by atoms with Gasteiger partial charge in [0.05, 0.1) is 35.4 Å². The second-order valence-corrected chi connectivity index (χ2v) is 10.3. The van der Waals surface area contributed by atoms with Crippen molar-refractivity contribution in [3.63, 3.8) is 0 Å². The third kappa shape index (κ3) is 6.51. The van der Waals surface area contributed by atoms with Crippen LogP contribution in [0.15, 0.2) is 42.5 Å². The van der Waals surface area contributed by atoms with Gasteiger partial charge in [0, 0.05) is 13.1 Å². The zero-order valence-electron chi connectivity index (χ0n) is 17.7. The van der Waals surface area contributed by atoms with Gasteiger partial charge in [-0.1, -0.05) is 41.4 Å². The molecule has 0 radical (unpaired) electrons. The van der Waals surface area contributed by atoms with Crippen LogP contribution < -0.4 is 14.8 Å². The normalized spacial score (nSPS) is 17.0. The topological polar surface area (TPSA) is 84.9 Å². The molecular formula is C22H26Cl2N2O5S. The van der Waals surface area contributed by atoms with Crippen LogP contribution in [0.3, 0.4) is 0 Å². The molecule has 0 bridgehead atoms. The average Bonchev–Trinajstić information content (AvgIpc) is 2.79. The predicted octanol–water partition coefficient (Wildman–Crippen LogP) is 3.74. The first-order valence-electron chi connectivity index (χ1n) is 10.3. The van der Waals surface area contributed by atoms with Crippen molar-refractivity contribution >= 4 is 39.1 Å². The van der Waals surface area contributed by atoms with Crippen LogP contribution in [0.25, 0.3) is 0 Å². The van der Waals surface area contributed by atoms with E-state index in [1.54, 1.807) is 37.4 Å². The van der Waals surface area contributed by atoms with Crippen molar-refractivity contribution in [3.05, 3.63) is 58.1 Å². The number of rotatable bonds is 9. The number of hydrogen-bond acceptors (Lipinski definition) is 5. The molecule has 2 aromatic rings. The Labute approximate surface area is 198 Å². The highest BCUT2D eigenvalue weighted by atomic mass is 35.5. The Bertz CT molecular complexity index is 1050. The molecule has 174 valence electrons. The van der Waals surface area contributed by atoms with Crippen molar-refractivity contribution in [2.75, 3.05) is 33.4 Å². The van der Waals surface area contributed by atoms with Gasteiger partial charge >= 0.3 is 0 Å². The van der Waals surface area contributed by atoms with E-state index in [0.717, 1.165) is 0 Å². The van der Waals surface area contributed by atoms with Gasteiger partial charge in [0.25, 0.3) is 0 Å². The summed E-state index contributed by atoms with van der Waals surface area (Å²) in [6.07, 6.45) is 1.26. The second-order valence-electron chi connectivity index (χ2n) is 7.49. The Morgan fingerprint density at radius 3 is 2.62 bits per heavy atom. The van der Waals surface area contributed by atoms with Crippen molar-refractivity contribution in [2.24, 2.45) is 5.92 Å². The summed E-state index contributed by atoms with van der Waals surface area (Å²) in [5.74, 6) is 0.447. The number of carbonyl (C=O) groups excluding carboxylic acids is 1. The lowest BCUT2D eigenvalue weighted by Gasteiger charge is -2.31. The summed E-state index contributed by atoms with van der Waals surface area (Å²) in [5, 5.41) is 3.52. The fraction of sp³-hybridized carbons (Fsp3) is 0.409. The number of methoxy groups -OCH3 is 1. The molecule has 0 spiro atoms. The molecule has 3 rings (SSSR count). The number of nitrogens with one attached hydrogen (secondary N) is 1. The van der Waals surface area contributed by atoms with E-state index >= 15 is 0 Å². The number of para-hydroxylation sites is 2. The van der Waals surface area contributed by atoms with Crippen LogP contribution in [0.5, 0.6) is 11.5 Å². The number of piperidine rings is 1. The standard InChI is InChI=1S/C22H26Cl2N2O5S/c1-30-20-6-2-3-7-21(20)31-12-10-25-22(27)17-5-4-11-26(14-17)32(28,29)15-16-8-9-18(23)19(24)13-16/h2-3,6-9,13,17H,4-5,10-12,14-15H2,1H3,(H,25,27)/t17-/m0/s1. The highest BCUT2D eigenvalue weighted by Crippen LogP contribution is 2.27. The lowest BCUT2D eigenvalue weighted by molar-refractivity contribution is -0.126. The van der Waals surface area contributed by atoms with Crippen LogP contribution in [0.4, 0.5) is 0 Å². The quantitative estimate of drug-likeness (QED) is 0.530. The van der Waals surface area contributed by atoms with Crippen molar-refractivity contribution in [3.8, 4) is 11.5 Å². The van der Waals surface area contributed by atoms with Gasteiger partial charge in [-0.25, -0.2) is 12.7 Å². The third-order valence-corrected chi connectivity index (χ3v) is 7.76. The van der Waals surface area contributed by atoms with Crippen molar-refractivity contribution in [1.29, 1.82) is 0 Å². The molecule has 0 unspecified atom stereocenters. The molecule has 1 atom stereocenters. The fourth-order valence-corrected chi connectivity index (χ4v) is 5.48. The fourth-order valence-electron chi connectivity index (χ4n) is 3.56.